The maximum atomic E-state index is 12.2. The van der Waals surface area contributed by atoms with Crippen LogP contribution in [0.5, 0.6) is 0 Å². The Kier molecular flexibility index (Phi) is 8.16. The first-order valence-electron chi connectivity index (χ1n) is 10.4. The zero-order valence-electron chi connectivity index (χ0n) is 17.4. The standard InChI is InChI=1S/C21H28ClN5O2S/c1-14(2)11-12-23-20(29)24-18(28)13-30-21-26-25-19(16-9-5-6-10-17(16)22)27(21)15-7-3-4-8-15/h5-6,9-10,14-15H,3-4,7-8,11-13H2,1-2H3,(H2,23,24,28,29). The summed E-state index contributed by atoms with van der Waals surface area (Å²) in [5.74, 6) is 0.945. The predicted molar refractivity (Wildman–Crippen MR) is 120 cm³/mol. The SMILES string of the molecule is CC(C)CCNC(=O)NC(=O)CSc1nnc(-c2ccccc2Cl)n1C1CCCC1. The lowest BCUT2D eigenvalue weighted by Crippen LogP contribution is -2.40. The van der Waals surface area contributed by atoms with Crippen molar-refractivity contribution in [2.24, 2.45) is 5.92 Å². The van der Waals surface area contributed by atoms with Crippen LogP contribution in [0, 0.1) is 5.92 Å². The minimum atomic E-state index is -0.463. The summed E-state index contributed by atoms with van der Waals surface area (Å²) in [5, 5.41) is 15.1. The largest absolute Gasteiger partial charge is 0.338 e. The van der Waals surface area contributed by atoms with Crippen molar-refractivity contribution < 1.29 is 9.59 Å². The molecule has 0 bridgehead atoms. The highest BCUT2D eigenvalue weighted by Crippen LogP contribution is 2.38. The zero-order chi connectivity index (χ0) is 21.5. The number of carbonyl (C=O) groups excluding carboxylic acids is 2. The van der Waals surface area contributed by atoms with Crippen LogP contribution in [0.1, 0.15) is 52.0 Å². The van der Waals surface area contributed by atoms with E-state index in [0.29, 0.717) is 22.6 Å². The number of thioether (sulfide) groups is 1. The van der Waals surface area contributed by atoms with E-state index in [1.54, 1.807) is 0 Å². The first-order chi connectivity index (χ1) is 14.5. The van der Waals surface area contributed by atoms with E-state index >= 15 is 0 Å². The van der Waals surface area contributed by atoms with E-state index in [2.05, 4.69) is 39.2 Å². The van der Waals surface area contributed by atoms with Gasteiger partial charge in [-0.15, -0.1) is 10.2 Å². The van der Waals surface area contributed by atoms with Crippen molar-refractivity contribution in [1.82, 2.24) is 25.4 Å². The van der Waals surface area contributed by atoms with Crippen molar-refractivity contribution in [3.63, 3.8) is 0 Å². The third-order valence-electron chi connectivity index (χ3n) is 5.06. The van der Waals surface area contributed by atoms with Gasteiger partial charge >= 0.3 is 6.03 Å². The van der Waals surface area contributed by atoms with E-state index in [4.69, 9.17) is 11.6 Å². The zero-order valence-corrected chi connectivity index (χ0v) is 18.9. The number of carbonyl (C=O) groups is 2. The molecule has 0 radical (unpaired) electrons. The molecule has 3 rings (SSSR count). The fourth-order valence-electron chi connectivity index (χ4n) is 3.50. The number of nitrogens with zero attached hydrogens (tertiary/aromatic N) is 3. The molecule has 1 fully saturated rings. The summed E-state index contributed by atoms with van der Waals surface area (Å²) in [6.45, 7) is 4.71. The lowest BCUT2D eigenvalue weighted by molar-refractivity contribution is -0.117. The van der Waals surface area contributed by atoms with Gasteiger partial charge in [0.05, 0.1) is 10.8 Å². The highest BCUT2D eigenvalue weighted by atomic mass is 35.5. The fraction of sp³-hybridized carbons (Fsp3) is 0.524. The second kappa shape index (κ2) is 10.8. The number of rotatable bonds is 8. The number of amides is 3. The number of urea groups is 1. The highest BCUT2D eigenvalue weighted by Gasteiger charge is 2.26. The third-order valence-corrected chi connectivity index (χ3v) is 6.33. The molecule has 9 heteroatoms. The molecule has 7 nitrogen and oxygen atoms in total. The summed E-state index contributed by atoms with van der Waals surface area (Å²) in [6.07, 6.45) is 5.28. The quantitative estimate of drug-likeness (QED) is 0.571. The molecule has 0 unspecified atom stereocenters. The molecule has 1 heterocycles. The topological polar surface area (TPSA) is 88.9 Å². The van der Waals surface area contributed by atoms with E-state index in [9.17, 15) is 9.59 Å². The van der Waals surface area contributed by atoms with Crippen LogP contribution in [0.4, 0.5) is 4.79 Å². The Morgan fingerprint density at radius 2 is 1.97 bits per heavy atom. The normalized spacial score (nSPS) is 14.3. The van der Waals surface area contributed by atoms with Crippen LogP contribution < -0.4 is 10.6 Å². The van der Waals surface area contributed by atoms with Crippen molar-refractivity contribution in [3.05, 3.63) is 29.3 Å². The van der Waals surface area contributed by atoms with Crippen molar-refractivity contribution >= 4 is 35.3 Å². The van der Waals surface area contributed by atoms with E-state index in [-0.39, 0.29) is 17.7 Å². The Bertz CT molecular complexity index is 880. The van der Waals surface area contributed by atoms with Gasteiger partial charge in [-0.05, 0) is 37.3 Å². The van der Waals surface area contributed by atoms with Gasteiger partial charge in [-0.1, -0.05) is 62.2 Å². The summed E-state index contributed by atoms with van der Waals surface area (Å²) in [6, 6.07) is 7.40. The molecule has 1 saturated carbocycles. The van der Waals surface area contributed by atoms with E-state index in [0.717, 1.165) is 43.5 Å². The smallest absolute Gasteiger partial charge is 0.321 e. The molecule has 0 spiro atoms. The number of halogens is 1. The van der Waals surface area contributed by atoms with Gasteiger partial charge in [0, 0.05) is 18.2 Å². The average Bonchev–Trinajstić information content (AvgIpc) is 3.36. The lowest BCUT2D eigenvalue weighted by atomic mass is 10.1. The van der Waals surface area contributed by atoms with Crippen molar-refractivity contribution in [1.29, 1.82) is 0 Å². The molecule has 1 aromatic carbocycles. The van der Waals surface area contributed by atoms with Crippen LogP contribution in [-0.2, 0) is 4.79 Å². The van der Waals surface area contributed by atoms with Crippen molar-refractivity contribution in [2.45, 2.75) is 57.1 Å². The molecule has 1 aromatic heterocycles. The number of imide groups is 1. The third kappa shape index (κ3) is 5.98. The van der Waals surface area contributed by atoms with Crippen molar-refractivity contribution in [3.8, 4) is 11.4 Å². The average molecular weight is 450 g/mol. The monoisotopic (exact) mass is 449 g/mol. The molecule has 2 N–H and O–H groups in total. The summed E-state index contributed by atoms with van der Waals surface area (Å²) >= 11 is 7.68. The summed E-state index contributed by atoms with van der Waals surface area (Å²) in [7, 11) is 0. The number of benzene rings is 1. The number of hydrogen-bond donors (Lipinski definition) is 2. The van der Waals surface area contributed by atoms with Gasteiger partial charge in [0.2, 0.25) is 5.91 Å². The molecule has 0 saturated heterocycles. The van der Waals surface area contributed by atoms with Gasteiger partial charge in [-0.25, -0.2) is 4.79 Å². The van der Waals surface area contributed by atoms with E-state index in [1.165, 1.54) is 11.8 Å². The first-order valence-corrected chi connectivity index (χ1v) is 11.7. The summed E-state index contributed by atoms with van der Waals surface area (Å²) in [4.78, 5) is 24.1. The van der Waals surface area contributed by atoms with Crippen LogP contribution in [0.25, 0.3) is 11.4 Å². The van der Waals surface area contributed by atoms with Gasteiger partial charge in [0.1, 0.15) is 0 Å². The number of nitrogens with one attached hydrogen (secondary N) is 2. The Morgan fingerprint density at radius 3 is 2.67 bits per heavy atom. The van der Waals surface area contributed by atoms with Gasteiger partial charge < -0.3 is 5.32 Å². The van der Waals surface area contributed by atoms with Crippen LogP contribution in [0.2, 0.25) is 5.02 Å². The van der Waals surface area contributed by atoms with Crippen LogP contribution in [0.15, 0.2) is 29.4 Å². The van der Waals surface area contributed by atoms with Crippen molar-refractivity contribution in [2.75, 3.05) is 12.3 Å². The van der Waals surface area contributed by atoms with E-state index in [1.807, 2.05) is 24.3 Å². The molecule has 2 aromatic rings. The summed E-state index contributed by atoms with van der Waals surface area (Å²) < 4.78 is 2.11. The molecule has 162 valence electrons. The number of aromatic nitrogens is 3. The van der Waals surface area contributed by atoms with Gasteiger partial charge in [0.25, 0.3) is 0 Å². The maximum Gasteiger partial charge on any atom is 0.321 e. The molecular weight excluding hydrogens is 422 g/mol. The molecule has 1 aliphatic rings. The minimum absolute atomic E-state index is 0.0883. The first kappa shape index (κ1) is 22.6. The summed E-state index contributed by atoms with van der Waals surface area (Å²) in [5.41, 5.74) is 0.833. The van der Waals surface area contributed by atoms with Gasteiger partial charge in [-0.2, -0.15) is 0 Å². The predicted octanol–water partition coefficient (Wildman–Crippen LogP) is 4.68. The molecule has 30 heavy (non-hydrogen) atoms. The fourth-order valence-corrected chi connectivity index (χ4v) is 4.53. The molecular formula is C21H28ClN5O2S. The molecule has 0 aliphatic heterocycles. The van der Waals surface area contributed by atoms with Crippen LogP contribution >= 0.6 is 23.4 Å². The van der Waals surface area contributed by atoms with Crippen LogP contribution in [0.3, 0.4) is 0 Å². The van der Waals surface area contributed by atoms with E-state index < -0.39 is 6.03 Å². The lowest BCUT2D eigenvalue weighted by Gasteiger charge is -2.17. The Balaban J connectivity index is 1.67. The minimum Gasteiger partial charge on any atom is -0.338 e. The van der Waals surface area contributed by atoms with Crippen LogP contribution in [-0.4, -0.2) is 39.0 Å². The maximum absolute atomic E-state index is 12.2. The Labute approximate surface area is 186 Å². The second-order valence-electron chi connectivity index (χ2n) is 7.87. The highest BCUT2D eigenvalue weighted by molar-refractivity contribution is 7.99. The second-order valence-corrected chi connectivity index (χ2v) is 9.22. The Hall–Kier alpha value is -2.06. The molecule has 3 amide bonds. The Morgan fingerprint density at radius 1 is 1.23 bits per heavy atom. The molecule has 0 atom stereocenters. The van der Waals surface area contributed by atoms with Gasteiger partial charge in [-0.3, -0.25) is 14.7 Å². The number of hydrogen-bond acceptors (Lipinski definition) is 5. The van der Waals surface area contributed by atoms with Gasteiger partial charge in [0.15, 0.2) is 11.0 Å². The molecule has 1 aliphatic carbocycles.